The summed E-state index contributed by atoms with van der Waals surface area (Å²) in [6, 6.07) is 0.589. The Bertz CT molecular complexity index is 271. The van der Waals surface area contributed by atoms with Crippen molar-refractivity contribution in [3.63, 3.8) is 0 Å². The lowest BCUT2D eigenvalue weighted by molar-refractivity contribution is -0.137. The van der Waals surface area contributed by atoms with Crippen LogP contribution < -0.4 is 5.32 Å². The van der Waals surface area contributed by atoms with E-state index in [1.165, 1.54) is 31.8 Å². The number of hydrogen-bond donors (Lipinski definition) is 1. The molecular formula is C14H25NO2. The van der Waals surface area contributed by atoms with Crippen molar-refractivity contribution >= 4 is 5.97 Å². The van der Waals surface area contributed by atoms with Crippen LogP contribution in [0.25, 0.3) is 0 Å². The summed E-state index contributed by atoms with van der Waals surface area (Å²) >= 11 is 0. The standard InChI is InChI=1S/C14H25NO2/c1-4-17-13(16)8-6-10-15-12-7-5-9-14(2,3)11-12/h6,8,12,15H,4-5,7,9-11H2,1-3H3/b8-6+. The minimum atomic E-state index is -0.252. The maximum atomic E-state index is 11.1. The monoisotopic (exact) mass is 239 g/mol. The van der Waals surface area contributed by atoms with Crippen molar-refractivity contribution in [1.82, 2.24) is 5.32 Å². The highest BCUT2D eigenvalue weighted by molar-refractivity contribution is 5.81. The van der Waals surface area contributed by atoms with Gasteiger partial charge in [-0.2, -0.15) is 0 Å². The molecule has 98 valence electrons. The smallest absolute Gasteiger partial charge is 0.330 e. The van der Waals surface area contributed by atoms with Crippen molar-refractivity contribution < 1.29 is 9.53 Å². The van der Waals surface area contributed by atoms with Crippen molar-refractivity contribution in [1.29, 1.82) is 0 Å². The van der Waals surface area contributed by atoms with E-state index in [4.69, 9.17) is 4.74 Å². The van der Waals surface area contributed by atoms with Crippen molar-refractivity contribution in [2.24, 2.45) is 5.41 Å². The van der Waals surface area contributed by atoms with Crippen LogP contribution in [0, 0.1) is 5.41 Å². The van der Waals surface area contributed by atoms with Gasteiger partial charge in [0.1, 0.15) is 0 Å². The Morgan fingerprint density at radius 2 is 2.29 bits per heavy atom. The first-order chi connectivity index (χ1) is 8.03. The lowest BCUT2D eigenvalue weighted by atomic mass is 9.75. The van der Waals surface area contributed by atoms with E-state index >= 15 is 0 Å². The van der Waals surface area contributed by atoms with Crippen LogP contribution in [0.4, 0.5) is 0 Å². The van der Waals surface area contributed by atoms with Gasteiger partial charge in [-0.05, 0) is 31.6 Å². The van der Waals surface area contributed by atoms with Gasteiger partial charge in [-0.15, -0.1) is 0 Å². The van der Waals surface area contributed by atoms with E-state index in [9.17, 15) is 4.79 Å². The van der Waals surface area contributed by atoms with Gasteiger partial charge in [0.15, 0.2) is 0 Å². The molecule has 1 N–H and O–H groups in total. The zero-order valence-corrected chi connectivity index (χ0v) is 11.3. The predicted molar refractivity (Wildman–Crippen MR) is 69.8 cm³/mol. The Morgan fingerprint density at radius 1 is 1.53 bits per heavy atom. The first-order valence-electron chi connectivity index (χ1n) is 6.60. The molecule has 0 aromatic heterocycles. The second-order valence-electron chi connectivity index (χ2n) is 5.52. The number of ether oxygens (including phenoxy) is 1. The zero-order valence-electron chi connectivity index (χ0n) is 11.3. The summed E-state index contributed by atoms with van der Waals surface area (Å²) in [5.41, 5.74) is 0.459. The molecule has 1 unspecified atom stereocenters. The topological polar surface area (TPSA) is 38.3 Å². The van der Waals surface area contributed by atoms with Crippen LogP contribution in [0.1, 0.15) is 46.5 Å². The normalized spacial score (nSPS) is 23.8. The molecule has 3 heteroatoms. The Kier molecular flexibility index (Phi) is 5.69. The number of carbonyl (C=O) groups excluding carboxylic acids is 1. The molecule has 1 atom stereocenters. The van der Waals surface area contributed by atoms with E-state index in [0.717, 1.165) is 6.54 Å². The summed E-state index contributed by atoms with van der Waals surface area (Å²) < 4.78 is 4.81. The van der Waals surface area contributed by atoms with Gasteiger partial charge in [-0.3, -0.25) is 0 Å². The largest absolute Gasteiger partial charge is 0.463 e. The van der Waals surface area contributed by atoms with Crippen LogP contribution in [0.15, 0.2) is 12.2 Å². The molecule has 0 aromatic carbocycles. The average molecular weight is 239 g/mol. The molecule has 0 spiro atoms. The second-order valence-corrected chi connectivity index (χ2v) is 5.52. The molecule has 17 heavy (non-hydrogen) atoms. The van der Waals surface area contributed by atoms with Gasteiger partial charge in [0.2, 0.25) is 0 Å². The third kappa shape index (κ3) is 5.87. The van der Waals surface area contributed by atoms with Gasteiger partial charge >= 0.3 is 5.97 Å². The summed E-state index contributed by atoms with van der Waals surface area (Å²) in [6.07, 6.45) is 8.44. The van der Waals surface area contributed by atoms with Gasteiger partial charge in [0, 0.05) is 18.7 Å². The van der Waals surface area contributed by atoms with Gasteiger partial charge < -0.3 is 10.1 Å². The summed E-state index contributed by atoms with van der Waals surface area (Å²) in [5, 5.41) is 3.48. The molecule has 1 rings (SSSR count). The molecule has 1 aliphatic rings. The highest BCUT2D eigenvalue weighted by atomic mass is 16.5. The number of nitrogens with one attached hydrogen (secondary N) is 1. The van der Waals surface area contributed by atoms with Crippen LogP contribution in [-0.2, 0) is 9.53 Å². The van der Waals surface area contributed by atoms with Crippen molar-refractivity contribution in [2.75, 3.05) is 13.2 Å². The molecule has 3 nitrogen and oxygen atoms in total. The minimum Gasteiger partial charge on any atom is -0.463 e. The summed E-state index contributed by atoms with van der Waals surface area (Å²) in [7, 11) is 0. The second kappa shape index (κ2) is 6.80. The van der Waals surface area contributed by atoms with Crippen molar-refractivity contribution in [2.45, 2.75) is 52.5 Å². The van der Waals surface area contributed by atoms with Gasteiger partial charge in [-0.25, -0.2) is 4.79 Å². The molecule has 0 aromatic rings. The fourth-order valence-electron chi connectivity index (χ4n) is 2.45. The maximum absolute atomic E-state index is 11.1. The van der Waals surface area contributed by atoms with E-state index < -0.39 is 0 Å². The van der Waals surface area contributed by atoms with E-state index in [1.54, 1.807) is 0 Å². The average Bonchev–Trinajstić information content (AvgIpc) is 2.23. The molecule has 0 aliphatic heterocycles. The van der Waals surface area contributed by atoms with Crippen LogP contribution in [0.2, 0.25) is 0 Å². The number of esters is 1. The van der Waals surface area contributed by atoms with Gasteiger partial charge in [0.05, 0.1) is 6.61 Å². The molecule has 1 aliphatic carbocycles. The number of hydrogen-bond acceptors (Lipinski definition) is 3. The van der Waals surface area contributed by atoms with E-state index in [0.29, 0.717) is 18.1 Å². The van der Waals surface area contributed by atoms with Crippen molar-refractivity contribution in [3.8, 4) is 0 Å². The first kappa shape index (κ1) is 14.2. The summed E-state index contributed by atoms with van der Waals surface area (Å²) in [5.74, 6) is -0.252. The SMILES string of the molecule is CCOC(=O)/C=C/CNC1CCCC(C)(C)C1. The quantitative estimate of drug-likeness (QED) is 0.592. The zero-order chi connectivity index (χ0) is 12.7. The van der Waals surface area contributed by atoms with E-state index in [1.807, 2.05) is 13.0 Å². The van der Waals surface area contributed by atoms with Crippen molar-refractivity contribution in [3.05, 3.63) is 12.2 Å². The first-order valence-corrected chi connectivity index (χ1v) is 6.60. The Labute approximate surface area is 105 Å². The molecule has 0 saturated heterocycles. The molecule has 0 heterocycles. The van der Waals surface area contributed by atoms with Gasteiger partial charge in [0.25, 0.3) is 0 Å². The van der Waals surface area contributed by atoms with E-state index in [2.05, 4.69) is 19.2 Å². The maximum Gasteiger partial charge on any atom is 0.330 e. The fourth-order valence-corrected chi connectivity index (χ4v) is 2.45. The summed E-state index contributed by atoms with van der Waals surface area (Å²) in [6.45, 7) is 7.66. The van der Waals surface area contributed by atoms with Crippen LogP contribution in [0.3, 0.4) is 0 Å². The van der Waals surface area contributed by atoms with Crippen LogP contribution in [0.5, 0.6) is 0 Å². The Hall–Kier alpha value is -0.830. The predicted octanol–water partition coefficient (Wildman–Crippen LogP) is 2.66. The minimum absolute atomic E-state index is 0.252. The lowest BCUT2D eigenvalue weighted by Crippen LogP contribution is -2.37. The molecule has 0 amide bonds. The Balaban J connectivity index is 2.20. The third-order valence-corrected chi connectivity index (χ3v) is 3.27. The third-order valence-electron chi connectivity index (χ3n) is 3.27. The molecule has 1 saturated carbocycles. The summed E-state index contributed by atoms with van der Waals surface area (Å²) in [4.78, 5) is 11.1. The highest BCUT2D eigenvalue weighted by Gasteiger charge is 2.27. The van der Waals surface area contributed by atoms with Gasteiger partial charge in [-0.1, -0.05) is 26.3 Å². The fraction of sp³-hybridized carbons (Fsp3) is 0.786. The molecule has 1 fully saturated rings. The molecular weight excluding hydrogens is 214 g/mol. The van der Waals surface area contributed by atoms with Crippen LogP contribution in [-0.4, -0.2) is 25.2 Å². The lowest BCUT2D eigenvalue weighted by Gasteiger charge is -2.35. The molecule has 0 radical (unpaired) electrons. The Morgan fingerprint density at radius 3 is 2.94 bits per heavy atom. The highest BCUT2D eigenvalue weighted by Crippen LogP contribution is 2.34. The number of carbonyl (C=O) groups is 1. The molecule has 0 bridgehead atoms. The number of rotatable bonds is 5. The van der Waals surface area contributed by atoms with E-state index in [-0.39, 0.29) is 5.97 Å². The van der Waals surface area contributed by atoms with Crippen LogP contribution >= 0.6 is 0 Å².